The van der Waals surface area contributed by atoms with Crippen LogP contribution < -0.4 is 19.5 Å². The van der Waals surface area contributed by atoms with Crippen LogP contribution in [0.3, 0.4) is 0 Å². The number of carbonyl (C=O) groups is 2. The lowest BCUT2D eigenvalue weighted by Gasteiger charge is -2.36. The number of hydrogen-bond donors (Lipinski definition) is 3. The molecule has 0 radical (unpaired) electrons. The summed E-state index contributed by atoms with van der Waals surface area (Å²) in [5, 5.41) is 4.49. The van der Waals surface area contributed by atoms with Gasteiger partial charge in [0.25, 0.3) is 0 Å². The summed E-state index contributed by atoms with van der Waals surface area (Å²) < 4.78 is 50.9. The van der Waals surface area contributed by atoms with Crippen molar-refractivity contribution in [3.05, 3.63) is 42.7 Å². The van der Waals surface area contributed by atoms with E-state index in [-0.39, 0.29) is 17.9 Å². The number of aromatic nitrogens is 2. The number of rotatable bonds is 13. The maximum Gasteiger partial charge on any atom is 0.510 e. The van der Waals surface area contributed by atoms with Crippen molar-refractivity contribution in [1.29, 1.82) is 0 Å². The van der Waals surface area contributed by atoms with Gasteiger partial charge in [-0.05, 0) is 67.6 Å². The highest BCUT2D eigenvalue weighted by Crippen LogP contribution is 2.33. The van der Waals surface area contributed by atoms with Crippen molar-refractivity contribution in [2.75, 3.05) is 39.2 Å². The Labute approximate surface area is 244 Å². The second kappa shape index (κ2) is 14.2. The van der Waals surface area contributed by atoms with Crippen LogP contribution in [0.1, 0.15) is 39.0 Å². The van der Waals surface area contributed by atoms with Crippen molar-refractivity contribution in [1.82, 2.24) is 19.6 Å². The zero-order chi connectivity index (χ0) is 30.1. The Morgan fingerprint density at radius 2 is 1.88 bits per heavy atom. The number of carbonyl (C=O) groups excluding carboxylic acids is 2. The van der Waals surface area contributed by atoms with Gasteiger partial charge in [-0.1, -0.05) is 6.07 Å². The Kier molecular flexibility index (Phi) is 10.5. The smallest absolute Gasteiger partial charge is 0.493 e. The number of sulfonamides is 1. The Bertz CT molecular complexity index is 1460. The van der Waals surface area contributed by atoms with Crippen molar-refractivity contribution in [2.45, 2.75) is 56.2 Å². The van der Waals surface area contributed by atoms with E-state index in [0.717, 1.165) is 11.8 Å². The molecule has 0 saturated carbocycles. The van der Waals surface area contributed by atoms with E-state index in [1.54, 1.807) is 37.5 Å². The number of benzene rings is 2. The van der Waals surface area contributed by atoms with Crippen LogP contribution in [0.5, 0.6) is 11.5 Å². The fraction of sp³-hybridized carbons (Fsp3) is 0.464. The number of hydrogen-bond acceptors (Lipinski definition) is 10. The molecule has 1 aromatic heterocycles. The minimum Gasteiger partial charge on any atom is -0.493 e. The van der Waals surface area contributed by atoms with E-state index < -0.39 is 34.4 Å². The summed E-state index contributed by atoms with van der Waals surface area (Å²) in [6, 6.07) is 7.01. The summed E-state index contributed by atoms with van der Waals surface area (Å²) in [7, 11) is -1.11. The minimum atomic E-state index is -4.14. The topological polar surface area (TPSA) is 161 Å². The fourth-order valence-electron chi connectivity index (χ4n) is 4.82. The largest absolute Gasteiger partial charge is 0.510 e. The molecular weight excluding hydrogens is 566 g/mol. The highest BCUT2D eigenvalue weighted by molar-refractivity contribution is 7.89. The lowest BCUT2D eigenvalue weighted by molar-refractivity contribution is -0.148. The third-order valence-electron chi connectivity index (χ3n) is 6.91. The first-order valence-corrected chi connectivity index (χ1v) is 15.3. The quantitative estimate of drug-likeness (QED) is 0.194. The molecule has 1 aliphatic heterocycles. The summed E-state index contributed by atoms with van der Waals surface area (Å²) in [5.74, 6) is 1.08. The number of amides is 1. The average molecular weight is 604 g/mol. The number of likely N-dealkylation sites (tertiary alicyclic amines) is 1. The lowest BCUT2D eigenvalue weighted by Crippen LogP contribution is -2.54. The van der Waals surface area contributed by atoms with Gasteiger partial charge in [0, 0.05) is 31.9 Å². The lowest BCUT2D eigenvalue weighted by atomic mass is 10.1. The number of aromatic amines is 1. The third-order valence-corrected chi connectivity index (χ3v) is 8.37. The van der Waals surface area contributed by atoms with Gasteiger partial charge in [-0.2, -0.15) is 4.72 Å². The van der Waals surface area contributed by atoms with E-state index in [2.05, 4.69) is 20.0 Å². The normalized spacial score (nSPS) is 16.1. The number of ether oxygens (including phenoxy) is 4. The van der Waals surface area contributed by atoms with Crippen molar-refractivity contribution in [2.24, 2.45) is 0 Å². The average Bonchev–Trinajstić information content (AvgIpc) is 3.51. The van der Waals surface area contributed by atoms with E-state index in [1.165, 1.54) is 31.3 Å². The highest BCUT2D eigenvalue weighted by Gasteiger charge is 2.36. The summed E-state index contributed by atoms with van der Waals surface area (Å²) in [4.78, 5) is 34.4. The van der Waals surface area contributed by atoms with Crippen molar-refractivity contribution in [3.63, 3.8) is 0 Å². The van der Waals surface area contributed by atoms with Gasteiger partial charge in [-0.25, -0.2) is 18.2 Å². The molecule has 14 heteroatoms. The number of anilines is 1. The molecule has 0 unspecified atom stereocenters. The van der Waals surface area contributed by atoms with Crippen LogP contribution in [0.15, 0.2) is 47.6 Å². The van der Waals surface area contributed by atoms with E-state index in [0.29, 0.717) is 55.2 Å². The second-order valence-electron chi connectivity index (χ2n) is 9.68. The number of nitrogens with zero attached hydrogens (tertiary/aromatic N) is 2. The third kappa shape index (κ3) is 7.62. The monoisotopic (exact) mass is 603 g/mol. The standard InChI is InChI=1S/C28H37N5O8S/c1-4-40-28(35)41-25-9-5-6-15-33(25)26(34)22(8-7-12-29-27-30-13-14-31-27)32-42(36,37)21-11-10-19-17-23(38-2)24(39-3)18-20(19)16-21/h10-11,13-14,16-18,22,25,32H,4-9,12,15H2,1-3H3,(H2,29,30,31)/t22-,25+/m0/s1. The summed E-state index contributed by atoms with van der Waals surface area (Å²) in [6.45, 7) is 2.56. The molecule has 0 aliphatic carbocycles. The van der Waals surface area contributed by atoms with Gasteiger partial charge < -0.3 is 34.1 Å². The van der Waals surface area contributed by atoms with Gasteiger partial charge in [-0.3, -0.25) is 4.79 Å². The Hall–Kier alpha value is -4.04. The van der Waals surface area contributed by atoms with Crippen molar-refractivity contribution in [3.8, 4) is 11.5 Å². The van der Waals surface area contributed by atoms with Gasteiger partial charge in [0.1, 0.15) is 6.04 Å². The Balaban J connectivity index is 1.57. The molecule has 2 aromatic carbocycles. The van der Waals surface area contributed by atoms with Crippen LogP contribution in [-0.2, 0) is 24.3 Å². The second-order valence-corrected chi connectivity index (χ2v) is 11.4. The molecule has 2 atom stereocenters. The van der Waals surface area contributed by atoms with E-state index in [9.17, 15) is 18.0 Å². The van der Waals surface area contributed by atoms with Gasteiger partial charge in [0.15, 0.2) is 23.7 Å². The van der Waals surface area contributed by atoms with Gasteiger partial charge in [0.05, 0.1) is 25.7 Å². The zero-order valence-electron chi connectivity index (χ0n) is 23.9. The number of piperidine rings is 1. The Morgan fingerprint density at radius 3 is 2.57 bits per heavy atom. The molecule has 3 N–H and O–H groups in total. The van der Waals surface area contributed by atoms with Gasteiger partial charge in [-0.15, -0.1) is 0 Å². The summed E-state index contributed by atoms with van der Waals surface area (Å²) in [6.07, 6.45) is 4.09. The predicted molar refractivity (Wildman–Crippen MR) is 155 cm³/mol. The number of H-pyrrole nitrogens is 1. The molecule has 0 spiro atoms. The number of nitrogens with one attached hydrogen (secondary N) is 3. The van der Waals surface area contributed by atoms with Crippen LogP contribution in [0.4, 0.5) is 10.7 Å². The number of imidazole rings is 1. The highest BCUT2D eigenvalue weighted by atomic mass is 32.2. The first-order valence-electron chi connectivity index (χ1n) is 13.8. The fourth-order valence-corrected chi connectivity index (χ4v) is 6.08. The van der Waals surface area contributed by atoms with Crippen LogP contribution in [0, 0.1) is 0 Å². The minimum absolute atomic E-state index is 0.00769. The zero-order valence-corrected chi connectivity index (χ0v) is 24.7. The van der Waals surface area contributed by atoms with E-state index in [4.69, 9.17) is 18.9 Å². The summed E-state index contributed by atoms with van der Waals surface area (Å²) >= 11 is 0. The molecule has 0 bridgehead atoms. The number of methoxy groups -OCH3 is 2. The molecule has 1 amide bonds. The molecule has 13 nitrogen and oxygen atoms in total. The van der Waals surface area contributed by atoms with Crippen molar-refractivity contribution >= 4 is 38.8 Å². The molecule has 4 rings (SSSR count). The van der Waals surface area contributed by atoms with Crippen LogP contribution in [0.2, 0.25) is 0 Å². The summed E-state index contributed by atoms with van der Waals surface area (Å²) in [5.41, 5.74) is 0. The molecule has 2 heterocycles. The molecular formula is C28H37N5O8S. The van der Waals surface area contributed by atoms with Crippen LogP contribution >= 0.6 is 0 Å². The maximum atomic E-state index is 13.8. The Morgan fingerprint density at radius 1 is 1.12 bits per heavy atom. The molecule has 1 fully saturated rings. The van der Waals surface area contributed by atoms with Crippen LogP contribution in [0.25, 0.3) is 10.8 Å². The first-order chi connectivity index (χ1) is 20.2. The van der Waals surface area contributed by atoms with Crippen molar-refractivity contribution < 1.29 is 37.0 Å². The molecule has 1 saturated heterocycles. The van der Waals surface area contributed by atoms with Gasteiger partial charge >= 0.3 is 6.16 Å². The molecule has 42 heavy (non-hydrogen) atoms. The van der Waals surface area contributed by atoms with Gasteiger partial charge in [0.2, 0.25) is 15.9 Å². The molecule has 228 valence electrons. The SMILES string of the molecule is CCOC(=O)O[C@@H]1CCCCN1C(=O)[C@H](CCCNc1ncc[nH]1)NS(=O)(=O)c1ccc2cc(OC)c(OC)cc2c1. The van der Waals surface area contributed by atoms with E-state index >= 15 is 0 Å². The predicted octanol–water partition coefficient (Wildman–Crippen LogP) is 3.63. The molecule has 3 aromatic rings. The number of fused-ring (bicyclic) bond motifs is 1. The van der Waals surface area contributed by atoms with E-state index in [1.807, 2.05) is 0 Å². The first kappa shape index (κ1) is 30.9. The molecule has 1 aliphatic rings. The van der Waals surface area contributed by atoms with Crippen LogP contribution in [-0.4, -0.2) is 81.5 Å². The maximum absolute atomic E-state index is 13.8.